The van der Waals surface area contributed by atoms with Crippen LogP contribution in [0, 0.1) is 0 Å². The van der Waals surface area contributed by atoms with Crippen LogP contribution in [0.25, 0.3) is 49.4 Å². The van der Waals surface area contributed by atoms with Gasteiger partial charge in [0, 0.05) is 27.6 Å². The molecule has 0 atom stereocenters. The zero-order valence-electron chi connectivity index (χ0n) is 23.3. The molecule has 1 aliphatic carbocycles. The van der Waals surface area contributed by atoms with Crippen LogP contribution in [0.3, 0.4) is 0 Å². The van der Waals surface area contributed by atoms with E-state index >= 15 is 0 Å². The van der Waals surface area contributed by atoms with Gasteiger partial charge >= 0.3 is 0 Å². The highest BCUT2D eigenvalue weighted by Gasteiger charge is 2.51. The molecule has 7 aromatic carbocycles. The Morgan fingerprint density at radius 2 is 1.09 bits per heavy atom. The van der Waals surface area contributed by atoms with E-state index in [2.05, 4.69) is 156 Å². The summed E-state index contributed by atoms with van der Waals surface area (Å²) in [4.78, 5) is 0. The summed E-state index contributed by atoms with van der Waals surface area (Å²) in [5.41, 5.74) is 10.7. The number of aromatic nitrogens is 1. The second kappa shape index (κ2) is 8.24. The highest BCUT2D eigenvalue weighted by molar-refractivity contribution is 6.22. The van der Waals surface area contributed by atoms with E-state index in [1.165, 1.54) is 66.0 Å². The minimum atomic E-state index is -0.494. The van der Waals surface area contributed by atoms with E-state index in [1.54, 1.807) is 0 Å². The van der Waals surface area contributed by atoms with Crippen LogP contribution < -0.4 is 4.74 Å². The maximum absolute atomic E-state index is 6.57. The maximum atomic E-state index is 6.57. The molecule has 0 N–H and O–H groups in total. The molecule has 0 bridgehead atoms. The second-order valence-electron chi connectivity index (χ2n) is 11.7. The third-order valence-corrected chi connectivity index (χ3v) is 9.64. The zero-order valence-corrected chi connectivity index (χ0v) is 23.3. The van der Waals surface area contributed by atoms with Gasteiger partial charge in [-0.1, -0.05) is 109 Å². The van der Waals surface area contributed by atoms with E-state index < -0.39 is 5.41 Å². The first-order chi connectivity index (χ1) is 21.3. The fourth-order valence-corrected chi connectivity index (χ4v) is 7.99. The van der Waals surface area contributed by atoms with Crippen molar-refractivity contribution < 1.29 is 4.74 Å². The predicted molar refractivity (Wildman–Crippen MR) is 176 cm³/mol. The van der Waals surface area contributed by atoms with E-state index in [0.29, 0.717) is 0 Å². The van der Waals surface area contributed by atoms with Crippen molar-refractivity contribution in [1.29, 1.82) is 0 Å². The molecule has 2 nitrogen and oxygen atoms in total. The molecule has 1 spiro atoms. The van der Waals surface area contributed by atoms with Gasteiger partial charge in [-0.05, 0) is 75.5 Å². The molecule has 0 fully saturated rings. The molecule has 2 heteroatoms. The molecule has 200 valence electrons. The van der Waals surface area contributed by atoms with Gasteiger partial charge in [0.1, 0.15) is 11.5 Å². The number of hydrogen-bond acceptors (Lipinski definition) is 1. The molecule has 1 aliphatic heterocycles. The van der Waals surface area contributed by atoms with Crippen LogP contribution in [-0.2, 0) is 5.41 Å². The van der Waals surface area contributed by atoms with E-state index in [0.717, 1.165) is 17.2 Å². The summed E-state index contributed by atoms with van der Waals surface area (Å²) in [7, 11) is 0. The molecule has 2 heterocycles. The van der Waals surface area contributed by atoms with Crippen LogP contribution >= 0.6 is 0 Å². The molecule has 43 heavy (non-hydrogen) atoms. The molecule has 0 saturated heterocycles. The lowest BCUT2D eigenvalue weighted by Gasteiger charge is -2.39. The number of benzene rings is 7. The Morgan fingerprint density at radius 3 is 1.88 bits per heavy atom. The summed E-state index contributed by atoms with van der Waals surface area (Å²) in [6, 6.07) is 55.1. The standard InChI is InChI=1S/C41H25NO/c1-2-13-27(14-3-1)42-36-23-22-26-12-4-5-15-28(26)40(36)31-24-30-29-16-6-7-17-32(29)41(35(30)25-37(31)42)33-18-8-10-20-38(33)43-39-21-11-9-19-34(39)41/h1-25H. The van der Waals surface area contributed by atoms with Crippen molar-refractivity contribution in [3.63, 3.8) is 0 Å². The zero-order chi connectivity index (χ0) is 28.1. The highest BCUT2D eigenvalue weighted by Crippen LogP contribution is 2.62. The Bertz CT molecular complexity index is 2390. The Morgan fingerprint density at radius 1 is 0.442 bits per heavy atom. The van der Waals surface area contributed by atoms with Crippen molar-refractivity contribution in [3.8, 4) is 28.3 Å². The van der Waals surface area contributed by atoms with E-state index in [4.69, 9.17) is 4.74 Å². The average molecular weight is 548 g/mol. The van der Waals surface area contributed by atoms with Gasteiger partial charge in [-0.15, -0.1) is 0 Å². The van der Waals surface area contributed by atoms with Gasteiger partial charge in [-0.3, -0.25) is 0 Å². The van der Waals surface area contributed by atoms with Crippen molar-refractivity contribution >= 4 is 32.6 Å². The van der Waals surface area contributed by atoms with Gasteiger partial charge in [0.05, 0.1) is 16.4 Å². The summed E-state index contributed by atoms with van der Waals surface area (Å²) in [5.74, 6) is 1.83. The lowest BCUT2D eigenvalue weighted by Crippen LogP contribution is -2.32. The largest absolute Gasteiger partial charge is 0.457 e. The first-order valence-corrected chi connectivity index (χ1v) is 14.9. The SMILES string of the molecule is c1ccc(-n2c3cc4c(cc3c3c5ccccc5ccc32)-c2ccccc2C42c3ccccc3Oc3ccccc32)cc1. The first kappa shape index (κ1) is 23.0. The number of hydrogen-bond donors (Lipinski definition) is 0. The third kappa shape index (κ3) is 2.83. The van der Waals surface area contributed by atoms with Crippen LogP contribution in [0.15, 0.2) is 152 Å². The lowest BCUT2D eigenvalue weighted by molar-refractivity contribution is 0.436. The van der Waals surface area contributed by atoms with Crippen molar-refractivity contribution in [1.82, 2.24) is 4.57 Å². The maximum Gasteiger partial charge on any atom is 0.132 e. The molecule has 1 aromatic heterocycles. The smallest absolute Gasteiger partial charge is 0.132 e. The molecule has 0 unspecified atom stereocenters. The Hall–Kier alpha value is -5.60. The Labute approximate surface area is 249 Å². The van der Waals surface area contributed by atoms with E-state index in [9.17, 15) is 0 Å². The van der Waals surface area contributed by atoms with Crippen LogP contribution in [-0.4, -0.2) is 4.57 Å². The second-order valence-corrected chi connectivity index (χ2v) is 11.7. The van der Waals surface area contributed by atoms with Crippen LogP contribution in [0.4, 0.5) is 0 Å². The Kier molecular flexibility index (Phi) is 4.41. The van der Waals surface area contributed by atoms with Crippen LogP contribution in [0.1, 0.15) is 22.3 Å². The van der Waals surface area contributed by atoms with E-state index in [1.807, 2.05) is 0 Å². The first-order valence-electron chi connectivity index (χ1n) is 14.9. The number of fused-ring (bicyclic) bond motifs is 14. The Balaban J connectivity index is 1.44. The quantitative estimate of drug-likeness (QED) is 0.199. The predicted octanol–water partition coefficient (Wildman–Crippen LogP) is 10.4. The van der Waals surface area contributed by atoms with Crippen LogP contribution in [0.5, 0.6) is 11.5 Å². The summed E-state index contributed by atoms with van der Waals surface area (Å²) in [6.07, 6.45) is 0. The monoisotopic (exact) mass is 547 g/mol. The minimum Gasteiger partial charge on any atom is -0.457 e. The number of ether oxygens (including phenoxy) is 1. The molecule has 8 aromatic rings. The molecule has 0 amide bonds. The third-order valence-electron chi connectivity index (χ3n) is 9.64. The number of nitrogens with zero attached hydrogens (tertiary/aromatic N) is 1. The van der Waals surface area contributed by atoms with Crippen LogP contribution in [0.2, 0.25) is 0 Å². The molecule has 0 saturated carbocycles. The van der Waals surface area contributed by atoms with Gasteiger partial charge in [0.2, 0.25) is 0 Å². The summed E-state index contributed by atoms with van der Waals surface area (Å²) >= 11 is 0. The van der Waals surface area contributed by atoms with Gasteiger partial charge in [-0.2, -0.15) is 0 Å². The molecule has 2 aliphatic rings. The summed E-state index contributed by atoms with van der Waals surface area (Å²) < 4.78 is 9.02. The van der Waals surface area contributed by atoms with Gasteiger partial charge in [0.25, 0.3) is 0 Å². The lowest BCUT2D eigenvalue weighted by atomic mass is 9.66. The number of rotatable bonds is 1. The fraction of sp³-hybridized carbons (Fsp3) is 0.0244. The van der Waals surface area contributed by atoms with Crippen molar-refractivity contribution in [3.05, 3.63) is 174 Å². The normalized spacial score (nSPS) is 14.0. The average Bonchev–Trinajstić information content (AvgIpc) is 3.55. The van der Waals surface area contributed by atoms with Crippen molar-refractivity contribution in [2.75, 3.05) is 0 Å². The molecular weight excluding hydrogens is 522 g/mol. The molecular formula is C41H25NO. The fourth-order valence-electron chi connectivity index (χ4n) is 7.99. The number of para-hydroxylation sites is 3. The van der Waals surface area contributed by atoms with Gasteiger partial charge < -0.3 is 9.30 Å². The van der Waals surface area contributed by atoms with Crippen molar-refractivity contribution in [2.45, 2.75) is 5.41 Å². The topological polar surface area (TPSA) is 14.2 Å². The minimum absolute atomic E-state index is 0.494. The molecule has 10 rings (SSSR count). The summed E-state index contributed by atoms with van der Waals surface area (Å²) in [6.45, 7) is 0. The van der Waals surface area contributed by atoms with E-state index in [-0.39, 0.29) is 0 Å². The van der Waals surface area contributed by atoms with Crippen molar-refractivity contribution in [2.24, 2.45) is 0 Å². The summed E-state index contributed by atoms with van der Waals surface area (Å²) in [5, 5.41) is 5.11. The van der Waals surface area contributed by atoms with Gasteiger partial charge in [-0.25, -0.2) is 0 Å². The van der Waals surface area contributed by atoms with Gasteiger partial charge in [0.15, 0.2) is 0 Å². The molecule has 0 radical (unpaired) electrons. The highest BCUT2D eigenvalue weighted by atomic mass is 16.5.